The molecule has 0 aliphatic rings. The number of nitriles is 1. The molecule has 2 N–H and O–H groups in total. The second-order valence-corrected chi connectivity index (χ2v) is 7.81. The summed E-state index contributed by atoms with van der Waals surface area (Å²) in [6.07, 6.45) is 3.34. The van der Waals surface area contributed by atoms with Gasteiger partial charge in [0.15, 0.2) is 5.82 Å². The first-order valence-electron chi connectivity index (χ1n) is 11.2. The molecule has 1 unspecified atom stereocenters. The Morgan fingerprint density at radius 1 is 0.944 bits per heavy atom. The molecule has 0 saturated carbocycles. The molecule has 9 heteroatoms. The van der Waals surface area contributed by atoms with Crippen molar-refractivity contribution in [3.8, 4) is 23.1 Å². The molecule has 0 spiro atoms. The smallest absolute Gasteiger partial charge is 0.290 e. The molecule has 0 aliphatic heterocycles. The molecule has 0 saturated heterocycles. The Morgan fingerprint density at radius 2 is 1.67 bits per heavy atom. The van der Waals surface area contributed by atoms with Gasteiger partial charge in [-0.1, -0.05) is 60.7 Å². The molecule has 2 aromatic carbocycles. The van der Waals surface area contributed by atoms with Crippen LogP contribution in [-0.2, 0) is 16.0 Å². The van der Waals surface area contributed by atoms with Crippen LogP contribution in [0.4, 0.5) is 0 Å². The molecule has 2 heterocycles. The van der Waals surface area contributed by atoms with E-state index in [9.17, 15) is 14.4 Å². The van der Waals surface area contributed by atoms with Crippen LogP contribution in [0.5, 0.6) is 0 Å². The van der Waals surface area contributed by atoms with Gasteiger partial charge in [-0.05, 0) is 23.8 Å². The Morgan fingerprint density at radius 3 is 2.39 bits per heavy atom. The third kappa shape index (κ3) is 5.69. The van der Waals surface area contributed by atoms with Crippen molar-refractivity contribution in [3.05, 3.63) is 102 Å². The van der Waals surface area contributed by atoms with Crippen LogP contribution in [-0.4, -0.2) is 44.9 Å². The van der Waals surface area contributed by atoms with Crippen molar-refractivity contribution in [1.29, 1.82) is 5.26 Å². The fourth-order valence-electron chi connectivity index (χ4n) is 3.62. The van der Waals surface area contributed by atoms with Crippen molar-refractivity contribution in [2.24, 2.45) is 0 Å². The first-order valence-corrected chi connectivity index (χ1v) is 11.2. The predicted molar refractivity (Wildman–Crippen MR) is 132 cm³/mol. The monoisotopic (exact) mass is 478 g/mol. The van der Waals surface area contributed by atoms with E-state index in [0.717, 1.165) is 11.1 Å². The van der Waals surface area contributed by atoms with Gasteiger partial charge in [0, 0.05) is 24.4 Å². The maximum absolute atomic E-state index is 13.3. The minimum absolute atomic E-state index is 0.0981. The summed E-state index contributed by atoms with van der Waals surface area (Å²) in [7, 11) is 0. The van der Waals surface area contributed by atoms with Gasteiger partial charge in [0.25, 0.3) is 11.8 Å². The molecular formula is C27H22N6O3. The summed E-state index contributed by atoms with van der Waals surface area (Å²) in [5.74, 6) is -2.10. The molecule has 1 atom stereocenters. The van der Waals surface area contributed by atoms with E-state index in [-0.39, 0.29) is 24.3 Å². The second-order valence-electron chi connectivity index (χ2n) is 7.81. The number of carbonyl (C=O) groups is 3. The number of benzene rings is 2. The number of aromatic nitrogens is 3. The summed E-state index contributed by atoms with van der Waals surface area (Å²) in [4.78, 5) is 42.8. The standard InChI is InChI=1S/C27H22N6O3/c28-14-16-30-27(36)24(34)23(18-19-8-3-1-4-9-19)31-26(35)21-12-7-15-29-25(21)33-17-13-22(32-33)20-10-5-2-6-11-20/h1-13,15,17,23H,16,18H2,(H,30,36)(H,31,35). The summed E-state index contributed by atoms with van der Waals surface area (Å²) < 4.78 is 1.49. The van der Waals surface area contributed by atoms with Crippen LogP contribution in [0.25, 0.3) is 17.1 Å². The number of carbonyl (C=O) groups excluding carboxylic acids is 3. The average Bonchev–Trinajstić information content (AvgIpc) is 3.42. The maximum atomic E-state index is 13.3. The highest BCUT2D eigenvalue weighted by atomic mass is 16.2. The van der Waals surface area contributed by atoms with Crippen molar-refractivity contribution in [2.75, 3.05) is 6.54 Å². The van der Waals surface area contributed by atoms with Crippen molar-refractivity contribution in [3.63, 3.8) is 0 Å². The lowest BCUT2D eigenvalue weighted by Crippen LogP contribution is -2.49. The highest BCUT2D eigenvalue weighted by molar-refractivity contribution is 6.38. The molecule has 2 amide bonds. The lowest BCUT2D eigenvalue weighted by molar-refractivity contribution is -0.138. The van der Waals surface area contributed by atoms with E-state index in [4.69, 9.17) is 5.26 Å². The Bertz CT molecular complexity index is 1410. The highest BCUT2D eigenvalue weighted by Crippen LogP contribution is 2.19. The van der Waals surface area contributed by atoms with Gasteiger partial charge in [0.05, 0.1) is 17.3 Å². The molecule has 0 bridgehead atoms. The molecule has 178 valence electrons. The Balaban J connectivity index is 1.60. The molecule has 36 heavy (non-hydrogen) atoms. The molecule has 0 fully saturated rings. The minimum Gasteiger partial charge on any atom is -0.341 e. The zero-order valence-corrected chi connectivity index (χ0v) is 19.2. The number of hydrogen-bond acceptors (Lipinski definition) is 6. The van der Waals surface area contributed by atoms with E-state index < -0.39 is 23.6 Å². The maximum Gasteiger partial charge on any atom is 0.290 e. The Hall–Kier alpha value is -5.10. The van der Waals surface area contributed by atoms with E-state index in [1.54, 1.807) is 48.7 Å². The number of pyridine rings is 1. The topological polar surface area (TPSA) is 130 Å². The quantitative estimate of drug-likeness (QED) is 0.281. The van der Waals surface area contributed by atoms with Gasteiger partial charge < -0.3 is 10.6 Å². The number of Topliss-reactive ketones (excluding diaryl/α,β-unsaturated/α-hetero) is 1. The van der Waals surface area contributed by atoms with Crippen LogP contribution in [0.15, 0.2) is 91.3 Å². The third-order valence-electron chi connectivity index (χ3n) is 5.36. The molecule has 4 aromatic rings. The van der Waals surface area contributed by atoms with Crippen molar-refractivity contribution in [2.45, 2.75) is 12.5 Å². The minimum atomic E-state index is -1.15. The molecule has 0 radical (unpaired) electrons. The van der Waals surface area contributed by atoms with Crippen molar-refractivity contribution >= 4 is 17.6 Å². The van der Waals surface area contributed by atoms with Crippen molar-refractivity contribution < 1.29 is 14.4 Å². The van der Waals surface area contributed by atoms with Gasteiger partial charge in [0.1, 0.15) is 12.6 Å². The fourth-order valence-corrected chi connectivity index (χ4v) is 3.62. The van der Waals surface area contributed by atoms with E-state index in [1.807, 2.05) is 42.5 Å². The molecule has 4 rings (SSSR count). The first-order chi connectivity index (χ1) is 17.6. The molecule has 0 aliphatic carbocycles. The number of amides is 2. The van der Waals surface area contributed by atoms with E-state index in [0.29, 0.717) is 5.69 Å². The van der Waals surface area contributed by atoms with Gasteiger partial charge in [-0.15, -0.1) is 0 Å². The second kappa shape index (κ2) is 11.4. The average molecular weight is 479 g/mol. The number of nitrogens with zero attached hydrogens (tertiary/aromatic N) is 4. The van der Waals surface area contributed by atoms with Crippen molar-refractivity contribution in [1.82, 2.24) is 25.4 Å². The number of nitrogens with one attached hydrogen (secondary N) is 2. The summed E-state index contributed by atoms with van der Waals surface area (Å²) in [6.45, 7) is -0.313. The lowest BCUT2D eigenvalue weighted by atomic mass is 10.0. The Kier molecular flexibility index (Phi) is 7.58. The van der Waals surface area contributed by atoms with E-state index >= 15 is 0 Å². The fraction of sp³-hybridized carbons (Fsp3) is 0.111. The third-order valence-corrected chi connectivity index (χ3v) is 5.36. The van der Waals surface area contributed by atoms with Crippen LogP contribution in [0.3, 0.4) is 0 Å². The van der Waals surface area contributed by atoms with Crippen LogP contribution < -0.4 is 10.6 Å². The largest absolute Gasteiger partial charge is 0.341 e. The molecule has 9 nitrogen and oxygen atoms in total. The van der Waals surface area contributed by atoms with E-state index in [1.165, 1.54) is 10.9 Å². The van der Waals surface area contributed by atoms with E-state index in [2.05, 4.69) is 20.7 Å². The predicted octanol–water partition coefficient (Wildman–Crippen LogP) is 2.48. The van der Waals surface area contributed by atoms with Crippen LogP contribution in [0.2, 0.25) is 0 Å². The Labute approximate surface area is 207 Å². The lowest BCUT2D eigenvalue weighted by Gasteiger charge is -2.18. The normalized spacial score (nSPS) is 11.2. The first kappa shape index (κ1) is 24.0. The zero-order valence-electron chi connectivity index (χ0n) is 19.2. The highest BCUT2D eigenvalue weighted by Gasteiger charge is 2.28. The van der Waals surface area contributed by atoms with Gasteiger partial charge in [-0.2, -0.15) is 10.4 Å². The van der Waals surface area contributed by atoms with Crippen LogP contribution in [0.1, 0.15) is 15.9 Å². The number of rotatable bonds is 9. The summed E-state index contributed by atoms with van der Waals surface area (Å²) in [5, 5.41) is 18.2. The zero-order chi connectivity index (χ0) is 25.3. The van der Waals surface area contributed by atoms with Gasteiger partial charge in [0.2, 0.25) is 5.78 Å². The molecule has 2 aromatic heterocycles. The summed E-state index contributed by atoms with van der Waals surface area (Å²) in [5.41, 5.74) is 2.56. The number of ketones is 1. The van der Waals surface area contributed by atoms with Gasteiger partial charge in [-0.25, -0.2) is 9.67 Å². The van der Waals surface area contributed by atoms with Gasteiger partial charge >= 0.3 is 0 Å². The molecular weight excluding hydrogens is 456 g/mol. The van der Waals surface area contributed by atoms with Gasteiger partial charge in [-0.3, -0.25) is 14.4 Å². The SMILES string of the molecule is N#CCNC(=O)C(=O)C(Cc1ccccc1)NC(=O)c1cccnc1-n1ccc(-c2ccccc2)n1. The van der Waals surface area contributed by atoms with Crippen LogP contribution in [0, 0.1) is 11.3 Å². The summed E-state index contributed by atoms with van der Waals surface area (Å²) >= 11 is 0. The summed E-state index contributed by atoms with van der Waals surface area (Å²) in [6, 6.07) is 24.2. The van der Waals surface area contributed by atoms with Crippen LogP contribution >= 0.6 is 0 Å². The number of hydrogen-bond donors (Lipinski definition) is 2.